The van der Waals surface area contributed by atoms with Crippen LogP contribution in [-0.2, 0) is 0 Å². The Kier molecular flexibility index (Phi) is 6.79. The molecule has 0 radical (unpaired) electrons. The molecule has 0 saturated carbocycles. The summed E-state index contributed by atoms with van der Waals surface area (Å²) in [5, 5.41) is 3.91. The van der Waals surface area contributed by atoms with Crippen LogP contribution in [0.1, 0.15) is 6.42 Å². The maximum Gasteiger partial charge on any atom is 1.00 e. The van der Waals surface area contributed by atoms with Crippen molar-refractivity contribution in [1.29, 1.82) is 0 Å². The first kappa shape index (κ1) is 10.7. The molecule has 0 unspecified atom stereocenters. The van der Waals surface area contributed by atoms with Crippen LogP contribution in [0, 0.1) is 5.92 Å². The van der Waals surface area contributed by atoms with Crippen molar-refractivity contribution in [3.05, 3.63) is 42.5 Å². The Bertz CT molecular complexity index is 137. The molecule has 0 spiro atoms. The second-order valence-corrected chi connectivity index (χ2v) is 2.02. The number of rotatable bonds is 2. The molecule has 0 amide bonds. The van der Waals surface area contributed by atoms with Crippen LogP contribution >= 0.6 is 0 Å². The first-order chi connectivity index (χ1) is 4.43. The van der Waals surface area contributed by atoms with Crippen LogP contribution in [0.5, 0.6) is 0 Å². The fourth-order valence-corrected chi connectivity index (χ4v) is 0.784. The normalized spacial score (nSPS) is 15.6. The van der Waals surface area contributed by atoms with Gasteiger partial charge < -0.3 is 5.32 Å². The Morgan fingerprint density at radius 2 is 2.00 bits per heavy atom. The predicted molar refractivity (Wildman–Crippen MR) is 39.9 cm³/mol. The number of hydrogen-bond acceptors (Lipinski definition) is 0. The van der Waals surface area contributed by atoms with Crippen LogP contribution in [0.25, 0.3) is 5.32 Å². The molecule has 0 atom stereocenters. The average molecular weight is 159 g/mol. The van der Waals surface area contributed by atoms with Crippen molar-refractivity contribution in [2.75, 3.05) is 0 Å². The van der Waals surface area contributed by atoms with E-state index in [4.69, 9.17) is 0 Å². The van der Waals surface area contributed by atoms with Gasteiger partial charge in [-0.3, -0.25) is 0 Å². The molecule has 1 rings (SSSR count). The van der Waals surface area contributed by atoms with Gasteiger partial charge in [0.1, 0.15) is 0 Å². The van der Waals surface area contributed by atoms with Crippen molar-refractivity contribution in [1.82, 2.24) is 0 Å². The summed E-state index contributed by atoms with van der Waals surface area (Å²) >= 11 is 0. The van der Waals surface area contributed by atoms with Crippen molar-refractivity contribution in [3.8, 4) is 0 Å². The van der Waals surface area contributed by atoms with Gasteiger partial charge in [-0.25, -0.2) is 0 Å². The third-order valence-electron chi connectivity index (χ3n) is 1.28. The third kappa shape index (κ3) is 3.73. The first-order valence-electron chi connectivity index (χ1n) is 3.07. The fraction of sp³-hybridized carbons (Fsp3) is 0.250. The van der Waals surface area contributed by atoms with E-state index in [-0.39, 0.29) is 51.4 Å². The Morgan fingerprint density at radius 3 is 2.50 bits per heavy atom. The van der Waals surface area contributed by atoms with Crippen molar-refractivity contribution < 1.29 is 51.4 Å². The van der Waals surface area contributed by atoms with E-state index in [1.807, 2.05) is 18.5 Å². The molecule has 2 heteroatoms. The van der Waals surface area contributed by atoms with E-state index in [0.717, 1.165) is 6.42 Å². The molecule has 0 bridgehead atoms. The number of allylic oxidation sites excluding steroid dienone is 3. The topological polar surface area (TPSA) is 14.1 Å². The zero-order chi connectivity index (χ0) is 6.53. The molecule has 0 aliphatic carbocycles. The molecule has 0 fully saturated rings. The van der Waals surface area contributed by atoms with Gasteiger partial charge >= 0.3 is 51.4 Å². The van der Waals surface area contributed by atoms with Crippen molar-refractivity contribution in [2.45, 2.75) is 6.42 Å². The molecule has 10 heavy (non-hydrogen) atoms. The molecule has 1 heterocycles. The first-order valence-corrected chi connectivity index (χ1v) is 3.07. The van der Waals surface area contributed by atoms with E-state index < -0.39 is 0 Å². The molecule has 48 valence electrons. The van der Waals surface area contributed by atoms with E-state index >= 15 is 0 Å². The molecular weight excluding hydrogens is 149 g/mol. The zero-order valence-corrected chi connectivity index (χ0v) is 9.45. The monoisotopic (exact) mass is 159 g/mol. The van der Waals surface area contributed by atoms with Crippen molar-refractivity contribution in [3.63, 3.8) is 0 Å². The van der Waals surface area contributed by atoms with Gasteiger partial charge in [-0.1, -0.05) is 18.2 Å². The molecule has 1 aliphatic rings. The summed E-state index contributed by atoms with van der Waals surface area (Å²) in [6, 6.07) is 0. The van der Waals surface area contributed by atoms with E-state index in [0.29, 0.717) is 5.92 Å². The van der Waals surface area contributed by atoms with E-state index in [1.54, 1.807) is 0 Å². The molecular formula is C8H10KN. The Labute approximate surface area is 105 Å². The van der Waals surface area contributed by atoms with E-state index in [1.165, 1.54) is 0 Å². The van der Waals surface area contributed by atoms with Gasteiger partial charge in [0.05, 0.1) is 0 Å². The second kappa shape index (κ2) is 6.37. The standard InChI is InChI=1S/C8H10N.K/c1-2-3-8-4-6-9-7-5-8;/h2,4-8H,1,3H2;/q-1;+1. The maximum atomic E-state index is 3.91. The average Bonchev–Trinajstić information content (AvgIpc) is 1.91. The Hall–Kier alpha value is 0.656. The van der Waals surface area contributed by atoms with Gasteiger partial charge in [-0.2, -0.15) is 12.4 Å². The van der Waals surface area contributed by atoms with Gasteiger partial charge in [0.15, 0.2) is 0 Å². The van der Waals surface area contributed by atoms with Gasteiger partial charge in [-0.05, 0) is 12.3 Å². The quantitative estimate of drug-likeness (QED) is 0.384. The van der Waals surface area contributed by atoms with Gasteiger partial charge in [0.25, 0.3) is 0 Å². The molecule has 0 N–H and O–H groups in total. The molecule has 0 aromatic carbocycles. The minimum absolute atomic E-state index is 0. The van der Waals surface area contributed by atoms with Gasteiger partial charge in [0.2, 0.25) is 0 Å². The summed E-state index contributed by atoms with van der Waals surface area (Å²) in [4.78, 5) is 0. The van der Waals surface area contributed by atoms with Gasteiger partial charge in [0, 0.05) is 0 Å². The van der Waals surface area contributed by atoms with Crippen molar-refractivity contribution in [2.24, 2.45) is 5.92 Å². The summed E-state index contributed by atoms with van der Waals surface area (Å²) in [6.45, 7) is 3.66. The Morgan fingerprint density at radius 1 is 1.40 bits per heavy atom. The van der Waals surface area contributed by atoms with Crippen LogP contribution in [0.2, 0.25) is 0 Å². The minimum atomic E-state index is 0. The predicted octanol–water partition coefficient (Wildman–Crippen LogP) is -0.403. The van der Waals surface area contributed by atoms with Crippen LogP contribution in [-0.4, -0.2) is 0 Å². The van der Waals surface area contributed by atoms with E-state index in [2.05, 4.69) is 24.0 Å². The summed E-state index contributed by atoms with van der Waals surface area (Å²) in [6.07, 6.45) is 10.7. The second-order valence-electron chi connectivity index (χ2n) is 2.02. The van der Waals surface area contributed by atoms with E-state index in [9.17, 15) is 0 Å². The molecule has 1 nitrogen and oxygen atoms in total. The summed E-state index contributed by atoms with van der Waals surface area (Å²) in [5.41, 5.74) is 0. The summed E-state index contributed by atoms with van der Waals surface area (Å²) in [5.74, 6) is 0.528. The van der Waals surface area contributed by atoms with Gasteiger partial charge in [-0.15, -0.1) is 6.58 Å². The number of hydrogen-bond donors (Lipinski definition) is 0. The maximum absolute atomic E-state index is 3.91. The molecule has 0 saturated heterocycles. The largest absolute Gasteiger partial charge is 1.00 e. The van der Waals surface area contributed by atoms with Crippen LogP contribution in [0.15, 0.2) is 37.2 Å². The van der Waals surface area contributed by atoms with Crippen LogP contribution < -0.4 is 51.4 Å². The molecule has 0 aromatic rings. The smallest absolute Gasteiger partial charge is 0.671 e. The number of nitrogens with zero attached hydrogens (tertiary/aromatic N) is 1. The Balaban J connectivity index is 0.000000810. The van der Waals surface area contributed by atoms with Crippen LogP contribution in [0.4, 0.5) is 0 Å². The third-order valence-corrected chi connectivity index (χ3v) is 1.28. The fourth-order valence-electron chi connectivity index (χ4n) is 0.784. The summed E-state index contributed by atoms with van der Waals surface area (Å²) in [7, 11) is 0. The SMILES string of the molecule is C=CCC1C=C[N-]C=C1.[K+]. The molecule has 1 aliphatic heterocycles. The van der Waals surface area contributed by atoms with Crippen LogP contribution in [0.3, 0.4) is 0 Å². The summed E-state index contributed by atoms with van der Waals surface area (Å²) < 4.78 is 0. The zero-order valence-electron chi connectivity index (χ0n) is 6.33. The van der Waals surface area contributed by atoms with Crippen molar-refractivity contribution >= 4 is 0 Å². The molecule has 0 aromatic heterocycles. The minimum Gasteiger partial charge on any atom is -0.671 e.